The number of imidazole rings is 1. The van der Waals surface area contributed by atoms with Crippen molar-refractivity contribution in [2.75, 3.05) is 26.0 Å². The molecule has 3 rings (SSSR count). The summed E-state index contributed by atoms with van der Waals surface area (Å²) in [5, 5.41) is 6.97. The third-order valence-corrected chi connectivity index (χ3v) is 4.81. The van der Waals surface area contributed by atoms with Crippen LogP contribution in [0.3, 0.4) is 0 Å². The van der Waals surface area contributed by atoms with Crippen LogP contribution in [0.2, 0.25) is 0 Å². The molecule has 0 aliphatic heterocycles. The SMILES string of the molecule is CN=C(NCc1cnc(N(C)C)n1C)NC1CCc2ccccc2C1.I. The molecular formula is C19H29IN6. The van der Waals surface area contributed by atoms with Gasteiger partial charge in [-0.2, -0.15) is 0 Å². The van der Waals surface area contributed by atoms with Crippen molar-refractivity contribution in [3.8, 4) is 0 Å². The smallest absolute Gasteiger partial charge is 0.204 e. The van der Waals surface area contributed by atoms with Gasteiger partial charge >= 0.3 is 0 Å². The number of aromatic nitrogens is 2. The molecule has 7 heteroatoms. The summed E-state index contributed by atoms with van der Waals surface area (Å²) in [5.41, 5.74) is 4.05. The largest absolute Gasteiger partial charge is 0.353 e. The molecule has 0 amide bonds. The Bertz CT molecular complexity index is 752. The van der Waals surface area contributed by atoms with E-state index in [0.29, 0.717) is 12.6 Å². The number of nitrogens with one attached hydrogen (secondary N) is 2. The minimum Gasteiger partial charge on any atom is -0.353 e. The van der Waals surface area contributed by atoms with E-state index in [-0.39, 0.29) is 24.0 Å². The molecule has 1 aromatic heterocycles. The monoisotopic (exact) mass is 468 g/mol. The van der Waals surface area contributed by atoms with Gasteiger partial charge in [-0.05, 0) is 30.4 Å². The van der Waals surface area contributed by atoms with Crippen LogP contribution < -0.4 is 15.5 Å². The zero-order valence-corrected chi connectivity index (χ0v) is 18.3. The van der Waals surface area contributed by atoms with E-state index in [9.17, 15) is 0 Å². The molecule has 0 fully saturated rings. The van der Waals surface area contributed by atoms with Gasteiger partial charge in [0.2, 0.25) is 5.95 Å². The number of halogens is 1. The number of fused-ring (bicyclic) bond motifs is 1. The molecule has 0 saturated carbocycles. The van der Waals surface area contributed by atoms with E-state index >= 15 is 0 Å². The Morgan fingerprint density at radius 1 is 1.31 bits per heavy atom. The van der Waals surface area contributed by atoms with Gasteiger partial charge in [0.05, 0.1) is 18.4 Å². The van der Waals surface area contributed by atoms with E-state index < -0.39 is 0 Å². The summed E-state index contributed by atoms with van der Waals surface area (Å²) in [5.74, 6) is 1.79. The predicted octanol–water partition coefficient (Wildman–Crippen LogP) is 2.33. The quantitative estimate of drug-likeness (QED) is 0.411. The number of anilines is 1. The predicted molar refractivity (Wildman–Crippen MR) is 119 cm³/mol. The number of aliphatic imine (C=N–C) groups is 1. The molecule has 2 aromatic rings. The van der Waals surface area contributed by atoms with Crippen LogP contribution >= 0.6 is 24.0 Å². The third-order valence-electron chi connectivity index (χ3n) is 4.81. The Hall–Kier alpha value is -1.77. The van der Waals surface area contributed by atoms with Gasteiger partial charge in [0.1, 0.15) is 0 Å². The maximum atomic E-state index is 4.45. The third kappa shape index (κ3) is 4.69. The number of rotatable bonds is 4. The summed E-state index contributed by atoms with van der Waals surface area (Å²) < 4.78 is 2.09. The molecule has 1 atom stereocenters. The van der Waals surface area contributed by atoms with Gasteiger partial charge in [-0.15, -0.1) is 24.0 Å². The Morgan fingerprint density at radius 3 is 2.69 bits per heavy atom. The second kappa shape index (κ2) is 9.25. The molecule has 26 heavy (non-hydrogen) atoms. The van der Waals surface area contributed by atoms with Crippen molar-refractivity contribution in [2.45, 2.75) is 31.8 Å². The van der Waals surface area contributed by atoms with Gasteiger partial charge in [-0.1, -0.05) is 24.3 Å². The molecule has 1 aromatic carbocycles. The van der Waals surface area contributed by atoms with E-state index in [4.69, 9.17) is 0 Å². The first kappa shape index (κ1) is 20.5. The number of aryl methyl sites for hydroxylation is 1. The minimum absolute atomic E-state index is 0. The topological polar surface area (TPSA) is 57.5 Å². The van der Waals surface area contributed by atoms with Gasteiger partial charge in [-0.3, -0.25) is 4.99 Å². The van der Waals surface area contributed by atoms with E-state index in [2.05, 4.69) is 49.4 Å². The lowest BCUT2D eigenvalue weighted by atomic mass is 9.88. The van der Waals surface area contributed by atoms with Crippen LogP contribution in [0, 0.1) is 0 Å². The Morgan fingerprint density at radius 2 is 2.04 bits per heavy atom. The maximum Gasteiger partial charge on any atom is 0.204 e. The zero-order chi connectivity index (χ0) is 17.8. The standard InChI is InChI=1S/C19H28N6.HI/c1-20-18(21-12-17-13-22-19(24(2)3)25(17)4)23-16-10-9-14-7-5-6-8-15(14)11-16;/h5-8,13,16H,9-12H2,1-4H3,(H2,20,21,23);1H. The second-order valence-corrected chi connectivity index (χ2v) is 6.78. The van der Waals surface area contributed by atoms with Crippen LogP contribution in [0.5, 0.6) is 0 Å². The number of benzene rings is 1. The first-order valence-corrected chi connectivity index (χ1v) is 8.80. The first-order chi connectivity index (χ1) is 12.1. The molecule has 1 unspecified atom stereocenters. The van der Waals surface area contributed by atoms with Crippen molar-refractivity contribution in [1.29, 1.82) is 0 Å². The lowest BCUT2D eigenvalue weighted by molar-refractivity contribution is 0.520. The summed E-state index contributed by atoms with van der Waals surface area (Å²) in [7, 11) is 7.86. The van der Waals surface area contributed by atoms with Crippen LogP contribution in [0.25, 0.3) is 0 Å². The Kier molecular flexibility index (Phi) is 7.31. The maximum absolute atomic E-state index is 4.45. The molecule has 2 N–H and O–H groups in total. The molecular weight excluding hydrogens is 439 g/mol. The fourth-order valence-electron chi connectivity index (χ4n) is 3.40. The lowest BCUT2D eigenvalue weighted by Gasteiger charge is -2.27. The Balaban J connectivity index is 0.00000243. The van der Waals surface area contributed by atoms with Crippen LogP contribution in [-0.2, 0) is 26.4 Å². The molecule has 0 saturated heterocycles. The number of nitrogens with zero attached hydrogens (tertiary/aromatic N) is 4. The van der Waals surface area contributed by atoms with Gasteiger partial charge in [0.25, 0.3) is 0 Å². The second-order valence-electron chi connectivity index (χ2n) is 6.78. The highest BCUT2D eigenvalue weighted by atomic mass is 127. The lowest BCUT2D eigenvalue weighted by Crippen LogP contribution is -2.45. The molecule has 1 aliphatic rings. The summed E-state index contributed by atoms with van der Waals surface area (Å²) in [6, 6.07) is 9.15. The number of hydrogen-bond donors (Lipinski definition) is 2. The van der Waals surface area contributed by atoms with Crippen molar-refractivity contribution in [3.05, 3.63) is 47.3 Å². The molecule has 1 heterocycles. The van der Waals surface area contributed by atoms with E-state index in [1.54, 1.807) is 0 Å². The van der Waals surface area contributed by atoms with Crippen molar-refractivity contribution in [3.63, 3.8) is 0 Å². The fraction of sp³-hybridized carbons (Fsp3) is 0.474. The number of guanidine groups is 1. The van der Waals surface area contributed by atoms with Crippen LogP contribution in [-0.4, -0.2) is 42.7 Å². The molecule has 6 nitrogen and oxygen atoms in total. The molecule has 0 spiro atoms. The van der Waals surface area contributed by atoms with Gasteiger partial charge in [-0.25, -0.2) is 4.98 Å². The summed E-state index contributed by atoms with van der Waals surface area (Å²) in [6.07, 6.45) is 5.22. The van der Waals surface area contributed by atoms with Crippen LogP contribution in [0.4, 0.5) is 5.95 Å². The number of hydrogen-bond acceptors (Lipinski definition) is 3. The van der Waals surface area contributed by atoms with Crippen molar-refractivity contribution in [1.82, 2.24) is 20.2 Å². The molecule has 0 radical (unpaired) electrons. The zero-order valence-electron chi connectivity index (χ0n) is 16.0. The molecule has 0 bridgehead atoms. The van der Waals surface area contributed by atoms with E-state index in [1.807, 2.05) is 39.3 Å². The highest BCUT2D eigenvalue weighted by Crippen LogP contribution is 2.21. The summed E-state index contributed by atoms with van der Waals surface area (Å²) in [6.45, 7) is 0.695. The minimum atomic E-state index is 0. The molecule has 142 valence electrons. The summed E-state index contributed by atoms with van der Waals surface area (Å²) >= 11 is 0. The van der Waals surface area contributed by atoms with E-state index in [1.165, 1.54) is 11.1 Å². The van der Waals surface area contributed by atoms with Crippen molar-refractivity contribution >= 4 is 35.9 Å². The first-order valence-electron chi connectivity index (χ1n) is 8.80. The van der Waals surface area contributed by atoms with Gasteiger partial charge in [0, 0.05) is 34.2 Å². The highest BCUT2D eigenvalue weighted by molar-refractivity contribution is 14.0. The summed E-state index contributed by atoms with van der Waals surface area (Å²) in [4.78, 5) is 10.8. The fourth-order valence-corrected chi connectivity index (χ4v) is 3.40. The molecule has 1 aliphatic carbocycles. The normalized spacial score (nSPS) is 16.5. The average molecular weight is 468 g/mol. The van der Waals surface area contributed by atoms with Gasteiger partial charge in [0.15, 0.2) is 5.96 Å². The van der Waals surface area contributed by atoms with Gasteiger partial charge < -0.3 is 20.1 Å². The van der Waals surface area contributed by atoms with Crippen molar-refractivity contribution < 1.29 is 0 Å². The van der Waals surface area contributed by atoms with Crippen LogP contribution in [0.15, 0.2) is 35.5 Å². The van der Waals surface area contributed by atoms with E-state index in [0.717, 1.165) is 36.9 Å². The highest BCUT2D eigenvalue weighted by Gasteiger charge is 2.19. The van der Waals surface area contributed by atoms with Crippen LogP contribution in [0.1, 0.15) is 23.2 Å². The Labute approximate surface area is 173 Å². The van der Waals surface area contributed by atoms with Crippen molar-refractivity contribution in [2.24, 2.45) is 12.0 Å². The average Bonchev–Trinajstić information content (AvgIpc) is 2.99.